The average Bonchev–Trinajstić information content (AvgIpc) is 2.64. The van der Waals surface area contributed by atoms with Gasteiger partial charge in [0, 0.05) is 13.1 Å². The molecule has 0 unspecified atom stereocenters. The molecule has 1 aliphatic rings. The van der Waals surface area contributed by atoms with E-state index in [2.05, 4.69) is 24.0 Å². The fourth-order valence-corrected chi connectivity index (χ4v) is 3.23. The molecular weight excluding hydrogens is 244 g/mol. The first-order chi connectivity index (χ1) is 8.71. The maximum absolute atomic E-state index is 9.20. The quantitative estimate of drug-likeness (QED) is 0.903. The van der Waals surface area contributed by atoms with Crippen LogP contribution in [0, 0.1) is 28.6 Å². The molecule has 4 nitrogen and oxygen atoms in total. The van der Waals surface area contributed by atoms with Crippen molar-refractivity contribution in [2.24, 2.45) is 5.92 Å². The van der Waals surface area contributed by atoms with Gasteiger partial charge in [-0.2, -0.15) is 10.5 Å². The number of thiophene rings is 1. The Balaban J connectivity index is 2.29. The summed E-state index contributed by atoms with van der Waals surface area (Å²) >= 11 is 1.34. The maximum atomic E-state index is 9.20. The summed E-state index contributed by atoms with van der Waals surface area (Å²) in [6, 6.07) is 4.20. The van der Waals surface area contributed by atoms with Crippen molar-refractivity contribution in [3.05, 3.63) is 10.4 Å². The van der Waals surface area contributed by atoms with Crippen LogP contribution in [0.3, 0.4) is 0 Å². The van der Waals surface area contributed by atoms with Gasteiger partial charge in [-0.05, 0) is 25.7 Å². The molecule has 18 heavy (non-hydrogen) atoms. The topological polar surface area (TPSA) is 76.8 Å². The Bertz CT molecular complexity index is 516. The van der Waals surface area contributed by atoms with Crippen molar-refractivity contribution in [1.29, 1.82) is 10.5 Å². The lowest BCUT2D eigenvalue weighted by Crippen LogP contribution is -2.32. The molecule has 1 aromatic heterocycles. The summed E-state index contributed by atoms with van der Waals surface area (Å²) in [5, 5.41) is 19.1. The van der Waals surface area contributed by atoms with Crippen molar-refractivity contribution in [1.82, 2.24) is 0 Å². The van der Waals surface area contributed by atoms with Crippen molar-refractivity contribution in [2.45, 2.75) is 26.2 Å². The van der Waals surface area contributed by atoms with Gasteiger partial charge in [0.15, 0.2) is 0 Å². The van der Waals surface area contributed by atoms with Gasteiger partial charge in [-0.3, -0.25) is 0 Å². The molecule has 1 fully saturated rings. The van der Waals surface area contributed by atoms with Crippen LogP contribution in [0.4, 0.5) is 10.7 Å². The van der Waals surface area contributed by atoms with Gasteiger partial charge in [0.2, 0.25) is 0 Å². The Morgan fingerprint density at radius 2 is 2.11 bits per heavy atom. The third kappa shape index (κ3) is 2.14. The zero-order chi connectivity index (χ0) is 13.1. The molecule has 5 heteroatoms. The van der Waals surface area contributed by atoms with Crippen molar-refractivity contribution < 1.29 is 0 Å². The highest BCUT2D eigenvalue weighted by molar-refractivity contribution is 7.17. The molecule has 94 valence electrons. The van der Waals surface area contributed by atoms with Crippen molar-refractivity contribution >= 4 is 22.0 Å². The fourth-order valence-electron chi connectivity index (χ4n) is 2.19. The molecule has 0 aliphatic heterocycles. The lowest BCUT2D eigenvalue weighted by molar-refractivity contribution is 0.319. The predicted molar refractivity (Wildman–Crippen MR) is 73.4 cm³/mol. The van der Waals surface area contributed by atoms with Crippen molar-refractivity contribution in [2.75, 3.05) is 23.7 Å². The molecule has 1 heterocycles. The fraction of sp³-hybridized carbons (Fsp3) is 0.538. The van der Waals surface area contributed by atoms with Gasteiger partial charge >= 0.3 is 0 Å². The maximum Gasteiger partial charge on any atom is 0.131 e. The van der Waals surface area contributed by atoms with Crippen LogP contribution in [0.15, 0.2) is 0 Å². The van der Waals surface area contributed by atoms with Crippen LogP contribution in [0.2, 0.25) is 0 Å². The SMILES string of the molecule is CCN(CC1CCC1)c1sc(C#N)c(N)c1C#N. The summed E-state index contributed by atoms with van der Waals surface area (Å²) in [6.07, 6.45) is 3.85. The molecule has 0 spiro atoms. The molecule has 0 radical (unpaired) electrons. The normalized spacial score (nSPS) is 14.6. The Morgan fingerprint density at radius 1 is 1.39 bits per heavy atom. The van der Waals surface area contributed by atoms with E-state index in [1.54, 1.807) is 0 Å². The van der Waals surface area contributed by atoms with Crippen LogP contribution in [0.5, 0.6) is 0 Å². The number of nitriles is 2. The number of nitrogens with two attached hydrogens (primary N) is 1. The van der Waals surface area contributed by atoms with E-state index in [0.717, 1.165) is 24.0 Å². The van der Waals surface area contributed by atoms with E-state index in [1.807, 2.05) is 0 Å². The van der Waals surface area contributed by atoms with Crippen molar-refractivity contribution in [3.63, 3.8) is 0 Å². The molecule has 0 bridgehead atoms. The number of hydrogen-bond acceptors (Lipinski definition) is 5. The summed E-state index contributed by atoms with van der Waals surface area (Å²) in [7, 11) is 0. The van der Waals surface area contributed by atoms with E-state index in [0.29, 0.717) is 16.1 Å². The number of anilines is 2. The lowest BCUT2D eigenvalue weighted by Gasteiger charge is -2.32. The third-order valence-corrected chi connectivity index (χ3v) is 4.68. The highest BCUT2D eigenvalue weighted by Crippen LogP contribution is 2.39. The summed E-state index contributed by atoms with van der Waals surface area (Å²) in [5.41, 5.74) is 6.64. The summed E-state index contributed by atoms with van der Waals surface area (Å²) in [5.74, 6) is 0.727. The highest BCUT2D eigenvalue weighted by atomic mass is 32.1. The van der Waals surface area contributed by atoms with Crippen LogP contribution >= 0.6 is 11.3 Å². The summed E-state index contributed by atoms with van der Waals surface area (Å²) in [4.78, 5) is 2.64. The van der Waals surface area contributed by atoms with E-state index in [9.17, 15) is 5.26 Å². The first-order valence-corrected chi connectivity index (χ1v) is 7.00. The van der Waals surface area contributed by atoms with Gasteiger partial charge in [0.05, 0.1) is 5.69 Å². The zero-order valence-corrected chi connectivity index (χ0v) is 11.3. The largest absolute Gasteiger partial charge is 0.396 e. The minimum Gasteiger partial charge on any atom is -0.396 e. The molecule has 0 aromatic carbocycles. The first kappa shape index (κ1) is 12.7. The minimum absolute atomic E-state index is 0.340. The van der Waals surface area contributed by atoms with E-state index >= 15 is 0 Å². The molecular formula is C13H16N4S. The van der Waals surface area contributed by atoms with Crippen LogP contribution in [0.1, 0.15) is 36.6 Å². The molecule has 1 aromatic rings. The molecule has 2 N–H and O–H groups in total. The van der Waals surface area contributed by atoms with Gasteiger partial charge in [-0.15, -0.1) is 11.3 Å². The zero-order valence-electron chi connectivity index (χ0n) is 10.4. The van der Waals surface area contributed by atoms with Crippen LogP contribution in [-0.2, 0) is 0 Å². The average molecular weight is 260 g/mol. The molecule has 2 rings (SSSR count). The number of nitrogens with zero attached hydrogens (tertiary/aromatic N) is 3. The van der Waals surface area contributed by atoms with E-state index in [-0.39, 0.29) is 0 Å². The highest BCUT2D eigenvalue weighted by Gasteiger charge is 2.24. The van der Waals surface area contributed by atoms with Crippen LogP contribution in [0.25, 0.3) is 0 Å². The standard InChI is InChI=1S/C13H16N4S/c1-2-17(8-9-4-3-5-9)13-10(6-14)12(16)11(7-15)18-13/h9H,2-5,8,16H2,1H3. The monoisotopic (exact) mass is 260 g/mol. The van der Waals surface area contributed by atoms with Gasteiger partial charge < -0.3 is 10.6 Å². The van der Waals surface area contributed by atoms with Gasteiger partial charge in [-0.1, -0.05) is 6.42 Å². The first-order valence-electron chi connectivity index (χ1n) is 6.18. The third-order valence-electron chi connectivity index (χ3n) is 3.51. The molecule has 0 saturated heterocycles. The Labute approximate surface area is 111 Å². The second kappa shape index (κ2) is 5.29. The van der Waals surface area contributed by atoms with E-state index in [4.69, 9.17) is 11.0 Å². The van der Waals surface area contributed by atoms with Gasteiger partial charge in [0.1, 0.15) is 27.6 Å². The second-order valence-electron chi connectivity index (χ2n) is 4.58. The summed E-state index contributed by atoms with van der Waals surface area (Å²) < 4.78 is 0. The molecule has 1 aliphatic carbocycles. The number of hydrogen-bond donors (Lipinski definition) is 1. The molecule has 0 atom stereocenters. The van der Waals surface area contributed by atoms with Crippen molar-refractivity contribution in [3.8, 4) is 12.1 Å². The van der Waals surface area contributed by atoms with Gasteiger partial charge in [0.25, 0.3) is 0 Å². The van der Waals surface area contributed by atoms with Gasteiger partial charge in [-0.25, -0.2) is 0 Å². The smallest absolute Gasteiger partial charge is 0.131 e. The van der Waals surface area contributed by atoms with E-state index < -0.39 is 0 Å². The van der Waals surface area contributed by atoms with Crippen LogP contribution in [-0.4, -0.2) is 13.1 Å². The molecule has 1 saturated carbocycles. The van der Waals surface area contributed by atoms with E-state index in [1.165, 1.54) is 30.6 Å². The minimum atomic E-state index is 0.340. The predicted octanol–water partition coefficient (Wildman–Crippen LogP) is 2.70. The Kier molecular flexibility index (Phi) is 3.74. The summed E-state index contributed by atoms with van der Waals surface area (Å²) in [6.45, 7) is 3.88. The lowest BCUT2D eigenvalue weighted by atomic mass is 9.85. The Hall–Kier alpha value is -1.72. The second-order valence-corrected chi connectivity index (χ2v) is 5.58. The number of rotatable bonds is 4. The Morgan fingerprint density at radius 3 is 2.56 bits per heavy atom. The number of nitrogen functional groups attached to an aromatic ring is 1. The molecule has 0 amide bonds. The van der Waals surface area contributed by atoms with Crippen LogP contribution < -0.4 is 10.6 Å².